The largest absolute Gasteiger partial charge is 0.496 e. The molecule has 0 bridgehead atoms. The van der Waals surface area contributed by atoms with Crippen molar-refractivity contribution in [3.05, 3.63) is 46.6 Å². The molecule has 1 aliphatic rings. The number of hydrogen-bond acceptors (Lipinski definition) is 7. The van der Waals surface area contributed by atoms with E-state index in [1.165, 1.54) is 26.4 Å². The van der Waals surface area contributed by atoms with Crippen LogP contribution in [0, 0.1) is 0 Å². The molecular weight excluding hydrogens is 412 g/mol. The van der Waals surface area contributed by atoms with Crippen molar-refractivity contribution < 1.29 is 23.8 Å². The summed E-state index contributed by atoms with van der Waals surface area (Å²) < 4.78 is 15.3. The van der Waals surface area contributed by atoms with Crippen LogP contribution in [0.5, 0.6) is 5.75 Å². The SMILES string of the molecule is COC(=O)c1cc(Cl)c(NC(=O)NCc2cccnc2N2CCOCC2)cc1OC. The molecule has 160 valence electrons. The van der Waals surface area contributed by atoms with E-state index in [0.29, 0.717) is 18.9 Å². The third-order valence-electron chi connectivity index (χ3n) is 4.56. The molecule has 9 nitrogen and oxygen atoms in total. The molecule has 1 saturated heterocycles. The highest BCUT2D eigenvalue weighted by molar-refractivity contribution is 6.34. The lowest BCUT2D eigenvalue weighted by Crippen LogP contribution is -2.38. The number of methoxy groups -OCH3 is 2. The number of carbonyl (C=O) groups excluding carboxylic acids is 2. The lowest BCUT2D eigenvalue weighted by molar-refractivity contribution is 0.0597. The Labute approximate surface area is 179 Å². The van der Waals surface area contributed by atoms with E-state index < -0.39 is 12.0 Å². The molecule has 2 amide bonds. The number of benzene rings is 1. The minimum Gasteiger partial charge on any atom is -0.496 e. The van der Waals surface area contributed by atoms with Gasteiger partial charge in [-0.1, -0.05) is 17.7 Å². The van der Waals surface area contributed by atoms with Crippen molar-refractivity contribution in [3.8, 4) is 5.75 Å². The number of morpholine rings is 1. The highest BCUT2D eigenvalue weighted by Crippen LogP contribution is 2.31. The van der Waals surface area contributed by atoms with Crippen LogP contribution in [-0.2, 0) is 16.0 Å². The second-order valence-corrected chi connectivity index (χ2v) is 6.82. The third-order valence-corrected chi connectivity index (χ3v) is 4.87. The predicted molar refractivity (Wildman–Crippen MR) is 112 cm³/mol. The fourth-order valence-corrected chi connectivity index (χ4v) is 3.27. The summed E-state index contributed by atoms with van der Waals surface area (Å²) in [6.07, 6.45) is 1.73. The van der Waals surface area contributed by atoms with Crippen molar-refractivity contribution in [2.75, 3.05) is 50.7 Å². The number of hydrogen-bond donors (Lipinski definition) is 2. The van der Waals surface area contributed by atoms with E-state index in [4.69, 9.17) is 25.8 Å². The zero-order valence-electron chi connectivity index (χ0n) is 16.7. The first-order valence-electron chi connectivity index (χ1n) is 9.30. The Morgan fingerprint density at radius 3 is 2.73 bits per heavy atom. The topological polar surface area (TPSA) is 102 Å². The number of urea groups is 1. The Morgan fingerprint density at radius 2 is 2.03 bits per heavy atom. The number of halogens is 1. The van der Waals surface area contributed by atoms with Gasteiger partial charge in [0.1, 0.15) is 17.1 Å². The van der Waals surface area contributed by atoms with Gasteiger partial charge in [0.15, 0.2) is 0 Å². The Morgan fingerprint density at radius 1 is 1.27 bits per heavy atom. The van der Waals surface area contributed by atoms with Gasteiger partial charge in [-0.15, -0.1) is 0 Å². The number of amides is 2. The summed E-state index contributed by atoms with van der Waals surface area (Å²) in [6.45, 7) is 3.06. The van der Waals surface area contributed by atoms with Crippen molar-refractivity contribution in [1.29, 1.82) is 0 Å². The van der Waals surface area contributed by atoms with E-state index in [2.05, 4.69) is 20.5 Å². The van der Waals surface area contributed by atoms with Crippen LogP contribution in [0.1, 0.15) is 15.9 Å². The molecule has 3 rings (SSSR count). The summed E-state index contributed by atoms with van der Waals surface area (Å²) in [5.41, 5.74) is 1.36. The molecule has 0 aliphatic carbocycles. The van der Waals surface area contributed by atoms with Gasteiger partial charge in [0.05, 0.1) is 38.1 Å². The van der Waals surface area contributed by atoms with Gasteiger partial charge >= 0.3 is 12.0 Å². The van der Waals surface area contributed by atoms with Crippen LogP contribution >= 0.6 is 11.6 Å². The van der Waals surface area contributed by atoms with E-state index in [1.807, 2.05) is 12.1 Å². The first kappa shape index (κ1) is 21.7. The molecule has 2 N–H and O–H groups in total. The minimum atomic E-state index is -0.586. The van der Waals surface area contributed by atoms with Gasteiger partial charge in [-0.3, -0.25) is 0 Å². The van der Waals surface area contributed by atoms with Gasteiger partial charge in [-0.25, -0.2) is 14.6 Å². The van der Waals surface area contributed by atoms with Crippen LogP contribution in [0.2, 0.25) is 5.02 Å². The van der Waals surface area contributed by atoms with Gasteiger partial charge in [-0.05, 0) is 12.1 Å². The number of pyridine rings is 1. The van der Waals surface area contributed by atoms with E-state index in [-0.39, 0.29) is 22.9 Å². The minimum absolute atomic E-state index is 0.168. The summed E-state index contributed by atoms with van der Waals surface area (Å²) in [6, 6.07) is 6.14. The quantitative estimate of drug-likeness (QED) is 0.674. The molecule has 1 fully saturated rings. The number of aromatic nitrogens is 1. The number of anilines is 2. The lowest BCUT2D eigenvalue weighted by Gasteiger charge is -2.29. The Balaban J connectivity index is 1.68. The second-order valence-electron chi connectivity index (χ2n) is 6.42. The lowest BCUT2D eigenvalue weighted by atomic mass is 10.1. The molecule has 0 spiro atoms. The molecule has 1 aromatic heterocycles. The molecule has 30 heavy (non-hydrogen) atoms. The summed E-state index contributed by atoms with van der Waals surface area (Å²) in [7, 11) is 2.67. The predicted octanol–water partition coefficient (Wildman–Crippen LogP) is 2.69. The summed E-state index contributed by atoms with van der Waals surface area (Å²) in [4.78, 5) is 30.8. The summed E-state index contributed by atoms with van der Waals surface area (Å²) >= 11 is 6.21. The van der Waals surface area contributed by atoms with Crippen molar-refractivity contribution in [2.45, 2.75) is 6.54 Å². The Hall–Kier alpha value is -3.04. The normalized spacial score (nSPS) is 13.5. The smallest absolute Gasteiger partial charge is 0.341 e. The van der Waals surface area contributed by atoms with Gasteiger partial charge in [-0.2, -0.15) is 0 Å². The Kier molecular flexibility index (Phi) is 7.31. The van der Waals surface area contributed by atoms with Crippen LogP contribution < -0.4 is 20.3 Å². The van der Waals surface area contributed by atoms with Crippen LogP contribution in [-0.4, -0.2) is 57.5 Å². The van der Waals surface area contributed by atoms with Crippen molar-refractivity contribution in [1.82, 2.24) is 10.3 Å². The number of esters is 1. The third kappa shape index (κ3) is 5.11. The van der Waals surface area contributed by atoms with E-state index in [0.717, 1.165) is 24.5 Å². The number of nitrogens with one attached hydrogen (secondary N) is 2. The molecule has 0 unspecified atom stereocenters. The highest BCUT2D eigenvalue weighted by atomic mass is 35.5. The molecule has 2 heterocycles. The second kappa shape index (κ2) is 10.1. The highest BCUT2D eigenvalue weighted by Gasteiger charge is 2.19. The van der Waals surface area contributed by atoms with E-state index in [9.17, 15) is 9.59 Å². The van der Waals surface area contributed by atoms with Gasteiger partial charge < -0.3 is 29.7 Å². The Bertz CT molecular complexity index is 918. The maximum absolute atomic E-state index is 12.4. The first-order valence-corrected chi connectivity index (χ1v) is 9.68. The van der Waals surface area contributed by atoms with Crippen LogP contribution in [0.3, 0.4) is 0 Å². The molecule has 1 aliphatic heterocycles. The average molecular weight is 435 g/mol. The number of rotatable bonds is 6. The first-order chi connectivity index (χ1) is 14.5. The van der Waals surface area contributed by atoms with Gasteiger partial charge in [0.25, 0.3) is 0 Å². The molecule has 0 radical (unpaired) electrons. The van der Waals surface area contributed by atoms with Crippen LogP contribution in [0.15, 0.2) is 30.5 Å². The number of carbonyl (C=O) groups is 2. The molecule has 2 aromatic rings. The summed E-state index contributed by atoms with van der Waals surface area (Å²) in [5, 5.41) is 5.65. The van der Waals surface area contributed by atoms with Crippen LogP contribution in [0.25, 0.3) is 0 Å². The number of nitrogens with zero attached hydrogens (tertiary/aromatic N) is 2. The standard InChI is InChI=1S/C20H23ClN4O5/c1-28-17-11-16(15(21)10-14(17)19(26)29-2)24-20(27)23-12-13-4-3-5-22-18(13)25-6-8-30-9-7-25/h3-5,10-11H,6-9,12H2,1-2H3,(H2,23,24,27). The monoisotopic (exact) mass is 434 g/mol. The zero-order valence-corrected chi connectivity index (χ0v) is 17.5. The average Bonchev–Trinajstić information content (AvgIpc) is 2.79. The summed E-state index contributed by atoms with van der Waals surface area (Å²) in [5.74, 6) is 0.476. The fraction of sp³-hybridized carbons (Fsp3) is 0.350. The van der Waals surface area contributed by atoms with E-state index in [1.54, 1.807) is 6.20 Å². The fourth-order valence-electron chi connectivity index (χ4n) is 3.06. The molecule has 1 aromatic carbocycles. The number of ether oxygens (including phenoxy) is 3. The molecule has 0 saturated carbocycles. The maximum Gasteiger partial charge on any atom is 0.341 e. The zero-order chi connectivity index (χ0) is 21.5. The molecular formula is C20H23ClN4O5. The van der Waals surface area contributed by atoms with Crippen molar-refractivity contribution >= 4 is 35.1 Å². The van der Waals surface area contributed by atoms with Crippen LogP contribution in [0.4, 0.5) is 16.3 Å². The van der Waals surface area contributed by atoms with Gasteiger partial charge in [0.2, 0.25) is 0 Å². The van der Waals surface area contributed by atoms with Gasteiger partial charge in [0, 0.05) is 37.5 Å². The van der Waals surface area contributed by atoms with E-state index >= 15 is 0 Å². The van der Waals surface area contributed by atoms with Crippen molar-refractivity contribution in [2.24, 2.45) is 0 Å². The molecule has 10 heteroatoms. The van der Waals surface area contributed by atoms with Crippen molar-refractivity contribution in [3.63, 3.8) is 0 Å². The molecule has 0 atom stereocenters. The maximum atomic E-state index is 12.4.